The Morgan fingerprint density at radius 1 is 1.28 bits per heavy atom. The summed E-state index contributed by atoms with van der Waals surface area (Å²) < 4.78 is 0. The van der Waals surface area contributed by atoms with Gasteiger partial charge in [0.2, 0.25) is 0 Å². The minimum Gasteiger partial charge on any atom is -0.361 e. The Hall–Kier alpha value is -1.32. The fourth-order valence-electron chi connectivity index (χ4n) is 2.78. The van der Waals surface area contributed by atoms with Gasteiger partial charge in [0.25, 0.3) is 0 Å². The summed E-state index contributed by atoms with van der Waals surface area (Å²) in [4.78, 5) is 5.93. The minimum atomic E-state index is 0.233. The number of fused-ring (bicyclic) bond motifs is 1. The van der Waals surface area contributed by atoms with Crippen LogP contribution in [0, 0.1) is 0 Å². The maximum absolute atomic E-state index is 3.47. The average molecular weight is 243 g/mol. The van der Waals surface area contributed by atoms with Crippen LogP contribution in [0.25, 0.3) is 10.9 Å². The number of piperazine rings is 1. The van der Waals surface area contributed by atoms with E-state index in [9.17, 15) is 0 Å². The van der Waals surface area contributed by atoms with Gasteiger partial charge in [0.05, 0.1) is 0 Å². The molecule has 0 unspecified atom stereocenters. The predicted octanol–water partition coefficient (Wildman–Crippen LogP) is 2.35. The maximum atomic E-state index is 3.47. The van der Waals surface area contributed by atoms with Crippen LogP contribution < -0.4 is 5.32 Å². The van der Waals surface area contributed by atoms with Crippen molar-refractivity contribution in [2.75, 3.05) is 19.6 Å². The average Bonchev–Trinajstić information content (AvgIpc) is 2.75. The van der Waals surface area contributed by atoms with E-state index in [4.69, 9.17) is 0 Å². The molecule has 3 nitrogen and oxygen atoms in total. The lowest BCUT2D eigenvalue weighted by Crippen LogP contribution is -2.57. The molecule has 0 spiro atoms. The molecule has 0 atom stereocenters. The van der Waals surface area contributed by atoms with Crippen LogP contribution in [-0.2, 0) is 6.54 Å². The Kier molecular flexibility index (Phi) is 2.88. The quantitative estimate of drug-likeness (QED) is 0.848. The highest BCUT2D eigenvalue weighted by atomic mass is 15.2. The number of nitrogens with one attached hydrogen (secondary N) is 2. The normalized spacial score (nSPS) is 20.3. The van der Waals surface area contributed by atoms with Crippen molar-refractivity contribution in [3.8, 4) is 0 Å². The van der Waals surface area contributed by atoms with Gasteiger partial charge in [-0.1, -0.05) is 18.2 Å². The summed E-state index contributed by atoms with van der Waals surface area (Å²) in [6, 6.07) is 8.54. The zero-order chi connectivity index (χ0) is 12.6. The Balaban J connectivity index is 1.87. The second-order valence-corrected chi connectivity index (χ2v) is 5.77. The van der Waals surface area contributed by atoms with Gasteiger partial charge in [-0.15, -0.1) is 0 Å². The largest absolute Gasteiger partial charge is 0.361 e. The summed E-state index contributed by atoms with van der Waals surface area (Å²) in [6.45, 7) is 8.92. The van der Waals surface area contributed by atoms with Gasteiger partial charge in [-0.3, -0.25) is 4.90 Å². The number of aromatic amines is 1. The molecule has 3 rings (SSSR count). The van der Waals surface area contributed by atoms with Gasteiger partial charge in [0.15, 0.2) is 0 Å². The number of hydrogen-bond acceptors (Lipinski definition) is 2. The number of para-hydroxylation sites is 1. The van der Waals surface area contributed by atoms with Crippen molar-refractivity contribution in [3.05, 3.63) is 36.0 Å². The lowest BCUT2D eigenvalue weighted by molar-refractivity contribution is 0.0832. The van der Waals surface area contributed by atoms with Crippen molar-refractivity contribution >= 4 is 10.9 Å². The maximum Gasteiger partial charge on any atom is 0.0457 e. The smallest absolute Gasteiger partial charge is 0.0457 e. The molecule has 2 heterocycles. The third kappa shape index (κ3) is 2.04. The van der Waals surface area contributed by atoms with Crippen molar-refractivity contribution < 1.29 is 0 Å². The summed E-state index contributed by atoms with van der Waals surface area (Å²) in [7, 11) is 0. The molecule has 1 saturated heterocycles. The van der Waals surface area contributed by atoms with Crippen molar-refractivity contribution in [3.63, 3.8) is 0 Å². The molecular formula is C15H21N3. The highest BCUT2D eigenvalue weighted by Crippen LogP contribution is 2.24. The summed E-state index contributed by atoms with van der Waals surface area (Å²) in [5.74, 6) is 0. The van der Waals surface area contributed by atoms with Gasteiger partial charge in [0, 0.05) is 48.8 Å². The van der Waals surface area contributed by atoms with Crippen LogP contribution in [0.5, 0.6) is 0 Å². The summed E-state index contributed by atoms with van der Waals surface area (Å²) in [5, 5.41) is 4.83. The molecule has 0 aliphatic carbocycles. The van der Waals surface area contributed by atoms with E-state index in [1.54, 1.807) is 0 Å². The van der Waals surface area contributed by atoms with E-state index < -0.39 is 0 Å². The summed E-state index contributed by atoms with van der Waals surface area (Å²) in [6.07, 6.45) is 2.16. The van der Waals surface area contributed by atoms with Crippen molar-refractivity contribution in [2.45, 2.75) is 25.9 Å². The van der Waals surface area contributed by atoms with Crippen LogP contribution >= 0.6 is 0 Å². The SMILES string of the molecule is CC1(C)CNCCN1Cc1c[nH]c2ccccc12. The fourth-order valence-corrected chi connectivity index (χ4v) is 2.78. The first-order valence-electron chi connectivity index (χ1n) is 6.67. The number of rotatable bonds is 2. The van der Waals surface area contributed by atoms with Crippen molar-refractivity contribution in [1.82, 2.24) is 15.2 Å². The molecule has 0 bridgehead atoms. The molecular weight excluding hydrogens is 222 g/mol. The molecule has 1 aliphatic heterocycles. The molecule has 0 radical (unpaired) electrons. The van der Waals surface area contributed by atoms with Crippen molar-refractivity contribution in [2.24, 2.45) is 0 Å². The van der Waals surface area contributed by atoms with Gasteiger partial charge in [-0.2, -0.15) is 0 Å². The van der Waals surface area contributed by atoms with Gasteiger partial charge in [-0.05, 0) is 25.5 Å². The molecule has 2 N–H and O–H groups in total. The van der Waals surface area contributed by atoms with Crippen LogP contribution in [0.15, 0.2) is 30.5 Å². The first kappa shape index (κ1) is 11.8. The zero-order valence-electron chi connectivity index (χ0n) is 11.2. The number of aromatic nitrogens is 1. The second kappa shape index (κ2) is 4.41. The monoisotopic (exact) mass is 243 g/mol. The molecule has 0 saturated carbocycles. The number of nitrogens with zero attached hydrogens (tertiary/aromatic N) is 1. The molecule has 18 heavy (non-hydrogen) atoms. The Labute approximate surface area is 108 Å². The van der Waals surface area contributed by atoms with E-state index in [1.165, 1.54) is 16.5 Å². The van der Waals surface area contributed by atoms with Gasteiger partial charge < -0.3 is 10.3 Å². The molecule has 2 aromatic rings. The van der Waals surface area contributed by atoms with Crippen LogP contribution in [0.4, 0.5) is 0 Å². The van der Waals surface area contributed by atoms with E-state index in [1.807, 2.05) is 0 Å². The topological polar surface area (TPSA) is 31.1 Å². The minimum absolute atomic E-state index is 0.233. The highest BCUT2D eigenvalue weighted by Gasteiger charge is 2.29. The Morgan fingerprint density at radius 2 is 2.11 bits per heavy atom. The van der Waals surface area contributed by atoms with E-state index in [0.717, 1.165) is 26.2 Å². The molecule has 1 aromatic carbocycles. The molecule has 1 aromatic heterocycles. The Morgan fingerprint density at radius 3 is 2.94 bits per heavy atom. The van der Waals surface area contributed by atoms with E-state index >= 15 is 0 Å². The third-order valence-electron chi connectivity index (χ3n) is 4.01. The lowest BCUT2D eigenvalue weighted by atomic mass is 9.99. The van der Waals surface area contributed by atoms with E-state index in [-0.39, 0.29) is 5.54 Å². The number of benzene rings is 1. The standard InChI is InChI=1S/C15H21N3/c1-15(2)11-16-7-8-18(15)10-12-9-17-14-6-4-3-5-13(12)14/h3-6,9,16-17H,7-8,10-11H2,1-2H3. The highest BCUT2D eigenvalue weighted by molar-refractivity contribution is 5.82. The Bertz CT molecular complexity index is 541. The van der Waals surface area contributed by atoms with Gasteiger partial charge >= 0.3 is 0 Å². The van der Waals surface area contributed by atoms with Crippen LogP contribution in [0.3, 0.4) is 0 Å². The van der Waals surface area contributed by atoms with Crippen LogP contribution in [0.1, 0.15) is 19.4 Å². The molecule has 1 aliphatic rings. The van der Waals surface area contributed by atoms with Crippen LogP contribution in [-0.4, -0.2) is 35.1 Å². The van der Waals surface area contributed by atoms with Crippen molar-refractivity contribution in [1.29, 1.82) is 0 Å². The molecule has 3 heteroatoms. The third-order valence-corrected chi connectivity index (χ3v) is 4.01. The summed E-state index contributed by atoms with van der Waals surface area (Å²) >= 11 is 0. The molecule has 0 amide bonds. The van der Waals surface area contributed by atoms with Gasteiger partial charge in [-0.25, -0.2) is 0 Å². The fraction of sp³-hybridized carbons (Fsp3) is 0.467. The van der Waals surface area contributed by atoms with Gasteiger partial charge in [0.1, 0.15) is 0 Å². The van der Waals surface area contributed by atoms with Crippen LogP contribution in [0.2, 0.25) is 0 Å². The number of hydrogen-bond donors (Lipinski definition) is 2. The molecule has 96 valence electrons. The lowest BCUT2D eigenvalue weighted by Gasteiger charge is -2.42. The predicted molar refractivity (Wildman–Crippen MR) is 75.7 cm³/mol. The first-order chi connectivity index (χ1) is 8.67. The van der Waals surface area contributed by atoms with E-state index in [0.29, 0.717) is 0 Å². The first-order valence-corrected chi connectivity index (χ1v) is 6.67. The zero-order valence-corrected chi connectivity index (χ0v) is 11.2. The summed E-state index contributed by atoms with van der Waals surface area (Å²) in [5.41, 5.74) is 2.87. The van der Waals surface area contributed by atoms with E-state index in [2.05, 4.69) is 59.5 Å². The second-order valence-electron chi connectivity index (χ2n) is 5.77. The molecule has 1 fully saturated rings. The number of H-pyrrole nitrogens is 1.